The van der Waals surface area contributed by atoms with Crippen LogP contribution in [0.15, 0.2) is 27.9 Å². The van der Waals surface area contributed by atoms with E-state index in [1.807, 2.05) is 4.90 Å². The Morgan fingerprint density at radius 3 is 2.78 bits per heavy atom. The fraction of sp³-hybridized carbons (Fsp3) is 0.389. The van der Waals surface area contributed by atoms with Gasteiger partial charge in [0.25, 0.3) is 5.56 Å². The fourth-order valence-corrected chi connectivity index (χ4v) is 3.25. The van der Waals surface area contributed by atoms with E-state index < -0.39 is 11.2 Å². The lowest BCUT2D eigenvalue weighted by atomic mass is 10.0. The van der Waals surface area contributed by atoms with Gasteiger partial charge in [0, 0.05) is 36.6 Å². The molecule has 0 saturated carbocycles. The second-order valence-electron chi connectivity index (χ2n) is 6.50. The van der Waals surface area contributed by atoms with E-state index in [4.69, 9.17) is 0 Å². The fourth-order valence-electron chi connectivity index (χ4n) is 3.25. The molecule has 1 aliphatic rings. The molecular weight excluding hydrogens is 348 g/mol. The standard InChI is InChI=1S/C18H20N6O3/c1-11-14(17(26)23-18(27)21-11)9-15(25)22-13-4-7-24(8-5-13)16-12(10-19)3-2-6-20-16/h2-3,6,13H,4-5,7-9H2,1H3,(H,22,25)(H2,21,23,26,27). The Kier molecular flexibility index (Phi) is 5.35. The molecule has 0 spiro atoms. The van der Waals surface area contributed by atoms with Crippen LogP contribution in [0.2, 0.25) is 0 Å². The Balaban J connectivity index is 1.58. The first kappa shape index (κ1) is 18.4. The van der Waals surface area contributed by atoms with Gasteiger partial charge in [-0.2, -0.15) is 5.26 Å². The van der Waals surface area contributed by atoms with Crippen LogP contribution in [0.5, 0.6) is 0 Å². The van der Waals surface area contributed by atoms with Crippen LogP contribution in [-0.4, -0.2) is 40.0 Å². The molecule has 140 valence electrons. The summed E-state index contributed by atoms with van der Waals surface area (Å²) < 4.78 is 0. The number of nitrogens with one attached hydrogen (secondary N) is 3. The molecule has 1 aliphatic heterocycles. The van der Waals surface area contributed by atoms with Gasteiger partial charge in [0.15, 0.2) is 0 Å². The van der Waals surface area contributed by atoms with Crippen molar-refractivity contribution in [2.45, 2.75) is 32.2 Å². The highest BCUT2D eigenvalue weighted by Gasteiger charge is 2.23. The SMILES string of the molecule is Cc1[nH]c(=O)[nH]c(=O)c1CC(=O)NC1CCN(c2ncccc2C#N)CC1. The molecule has 27 heavy (non-hydrogen) atoms. The van der Waals surface area contributed by atoms with Crippen molar-refractivity contribution < 1.29 is 4.79 Å². The number of nitrogens with zero attached hydrogens (tertiary/aromatic N) is 3. The third-order valence-electron chi connectivity index (χ3n) is 4.66. The molecule has 3 heterocycles. The Morgan fingerprint density at radius 2 is 2.11 bits per heavy atom. The van der Waals surface area contributed by atoms with Crippen LogP contribution in [0.4, 0.5) is 5.82 Å². The molecule has 3 N–H and O–H groups in total. The van der Waals surface area contributed by atoms with E-state index in [1.165, 1.54) is 0 Å². The number of aryl methyl sites for hydroxylation is 1. The number of hydrogen-bond acceptors (Lipinski definition) is 6. The van der Waals surface area contributed by atoms with Gasteiger partial charge in [-0.3, -0.25) is 14.6 Å². The Hall–Kier alpha value is -3.41. The average Bonchev–Trinajstić information content (AvgIpc) is 2.65. The zero-order chi connectivity index (χ0) is 19.4. The molecule has 0 aliphatic carbocycles. The summed E-state index contributed by atoms with van der Waals surface area (Å²) in [7, 11) is 0. The zero-order valence-corrected chi connectivity index (χ0v) is 14.9. The maximum atomic E-state index is 12.3. The molecule has 9 heteroatoms. The number of nitriles is 1. The lowest BCUT2D eigenvalue weighted by Crippen LogP contribution is -2.46. The maximum Gasteiger partial charge on any atom is 0.325 e. The summed E-state index contributed by atoms with van der Waals surface area (Å²) in [6.07, 6.45) is 3.01. The number of hydrogen-bond donors (Lipinski definition) is 3. The van der Waals surface area contributed by atoms with Gasteiger partial charge in [-0.15, -0.1) is 0 Å². The Morgan fingerprint density at radius 1 is 1.37 bits per heavy atom. The second-order valence-corrected chi connectivity index (χ2v) is 6.50. The number of anilines is 1. The van der Waals surface area contributed by atoms with Crippen molar-refractivity contribution in [3.05, 3.63) is 56.0 Å². The molecule has 2 aromatic heterocycles. The third-order valence-corrected chi connectivity index (χ3v) is 4.66. The van der Waals surface area contributed by atoms with E-state index in [0.29, 0.717) is 43.0 Å². The Labute approximate surface area is 155 Å². The predicted molar refractivity (Wildman–Crippen MR) is 98.5 cm³/mol. The van der Waals surface area contributed by atoms with Gasteiger partial charge in [0.2, 0.25) is 5.91 Å². The number of piperidine rings is 1. The van der Waals surface area contributed by atoms with E-state index in [1.54, 1.807) is 25.3 Å². The first-order valence-electron chi connectivity index (χ1n) is 8.69. The molecule has 0 radical (unpaired) electrons. The van der Waals surface area contributed by atoms with Crippen LogP contribution in [-0.2, 0) is 11.2 Å². The summed E-state index contributed by atoms with van der Waals surface area (Å²) in [5.41, 5.74) is 0.0676. The summed E-state index contributed by atoms with van der Waals surface area (Å²) in [4.78, 5) is 46.3. The molecule has 2 aromatic rings. The summed E-state index contributed by atoms with van der Waals surface area (Å²) in [5, 5.41) is 12.1. The minimum atomic E-state index is -0.583. The van der Waals surface area contributed by atoms with Gasteiger partial charge >= 0.3 is 5.69 Å². The number of carbonyl (C=O) groups excluding carboxylic acids is 1. The molecule has 1 saturated heterocycles. The van der Waals surface area contributed by atoms with E-state index in [-0.39, 0.29) is 23.9 Å². The van der Waals surface area contributed by atoms with E-state index >= 15 is 0 Å². The number of aromatic amines is 2. The monoisotopic (exact) mass is 368 g/mol. The quantitative estimate of drug-likeness (QED) is 0.693. The first-order chi connectivity index (χ1) is 13.0. The van der Waals surface area contributed by atoms with Crippen LogP contribution < -0.4 is 21.5 Å². The lowest BCUT2D eigenvalue weighted by Gasteiger charge is -2.33. The molecule has 1 amide bonds. The number of H-pyrrole nitrogens is 2. The maximum absolute atomic E-state index is 12.3. The topological polar surface area (TPSA) is 135 Å². The van der Waals surface area contributed by atoms with Crippen molar-refractivity contribution in [3.8, 4) is 6.07 Å². The van der Waals surface area contributed by atoms with Gasteiger partial charge < -0.3 is 15.2 Å². The highest BCUT2D eigenvalue weighted by molar-refractivity contribution is 5.79. The van der Waals surface area contributed by atoms with E-state index in [9.17, 15) is 19.6 Å². The minimum absolute atomic E-state index is 0.00912. The van der Waals surface area contributed by atoms with Crippen LogP contribution >= 0.6 is 0 Å². The molecule has 0 unspecified atom stereocenters. The largest absolute Gasteiger partial charge is 0.355 e. The highest BCUT2D eigenvalue weighted by Crippen LogP contribution is 2.21. The smallest absolute Gasteiger partial charge is 0.325 e. The van der Waals surface area contributed by atoms with Crippen molar-refractivity contribution in [3.63, 3.8) is 0 Å². The summed E-state index contributed by atoms with van der Waals surface area (Å²) in [5.74, 6) is 0.407. The van der Waals surface area contributed by atoms with E-state index in [2.05, 4.69) is 26.3 Å². The molecule has 3 rings (SSSR count). The number of amides is 1. The van der Waals surface area contributed by atoms with Gasteiger partial charge in [0.1, 0.15) is 11.9 Å². The van der Waals surface area contributed by atoms with Crippen molar-refractivity contribution in [1.82, 2.24) is 20.3 Å². The van der Waals surface area contributed by atoms with Gasteiger partial charge in [-0.05, 0) is 31.9 Å². The van der Waals surface area contributed by atoms with Crippen LogP contribution in [0, 0.1) is 18.3 Å². The second kappa shape index (κ2) is 7.86. The molecule has 0 aromatic carbocycles. The van der Waals surface area contributed by atoms with Gasteiger partial charge in [0.05, 0.1) is 12.0 Å². The van der Waals surface area contributed by atoms with Crippen molar-refractivity contribution in [2.24, 2.45) is 0 Å². The normalized spacial score (nSPS) is 14.6. The summed E-state index contributed by atoms with van der Waals surface area (Å²) in [6, 6.07) is 5.61. The highest BCUT2D eigenvalue weighted by atomic mass is 16.2. The number of aromatic nitrogens is 3. The molecule has 0 bridgehead atoms. The minimum Gasteiger partial charge on any atom is -0.355 e. The van der Waals surface area contributed by atoms with Gasteiger partial charge in [-0.25, -0.2) is 9.78 Å². The van der Waals surface area contributed by atoms with Crippen LogP contribution in [0.25, 0.3) is 0 Å². The summed E-state index contributed by atoms with van der Waals surface area (Å²) >= 11 is 0. The molecule has 1 fully saturated rings. The molecular formula is C18H20N6O3. The third kappa shape index (κ3) is 4.23. The number of pyridine rings is 1. The lowest BCUT2D eigenvalue weighted by molar-refractivity contribution is -0.121. The average molecular weight is 368 g/mol. The van der Waals surface area contributed by atoms with E-state index in [0.717, 1.165) is 0 Å². The number of rotatable bonds is 4. The van der Waals surface area contributed by atoms with Crippen molar-refractivity contribution in [1.29, 1.82) is 5.26 Å². The predicted octanol–water partition coefficient (Wildman–Crippen LogP) is -0.0340. The van der Waals surface area contributed by atoms with Gasteiger partial charge in [-0.1, -0.05) is 0 Å². The molecule has 0 atom stereocenters. The van der Waals surface area contributed by atoms with Crippen LogP contribution in [0.1, 0.15) is 29.7 Å². The van der Waals surface area contributed by atoms with Crippen LogP contribution in [0.3, 0.4) is 0 Å². The number of carbonyl (C=O) groups is 1. The van der Waals surface area contributed by atoms with Crippen molar-refractivity contribution >= 4 is 11.7 Å². The summed E-state index contributed by atoms with van der Waals surface area (Å²) in [6.45, 7) is 2.95. The van der Waals surface area contributed by atoms with Crippen molar-refractivity contribution in [2.75, 3.05) is 18.0 Å². The molecule has 9 nitrogen and oxygen atoms in total. The zero-order valence-electron chi connectivity index (χ0n) is 14.9. The first-order valence-corrected chi connectivity index (χ1v) is 8.69. The Bertz CT molecular complexity index is 995.